The van der Waals surface area contributed by atoms with Gasteiger partial charge in [0.25, 0.3) is 0 Å². The maximum Gasteiger partial charge on any atom is 0.159 e. The normalized spacial score (nSPS) is 10.9. The van der Waals surface area contributed by atoms with Crippen molar-refractivity contribution in [1.82, 2.24) is 9.78 Å². The van der Waals surface area contributed by atoms with Gasteiger partial charge in [-0.15, -0.1) is 0 Å². The second kappa shape index (κ2) is 4.72. The van der Waals surface area contributed by atoms with Crippen molar-refractivity contribution in [2.75, 3.05) is 0 Å². The Kier molecular flexibility index (Phi) is 3.28. The van der Waals surface area contributed by atoms with Crippen molar-refractivity contribution >= 4 is 6.08 Å². The van der Waals surface area contributed by atoms with Crippen molar-refractivity contribution in [2.24, 2.45) is 0 Å². The van der Waals surface area contributed by atoms with E-state index in [-0.39, 0.29) is 6.04 Å². The Hall–Kier alpha value is -1.97. The molecule has 0 bridgehead atoms. The smallest absolute Gasteiger partial charge is 0.159 e. The van der Waals surface area contributed by atoms with E-state index in [0.717, 1.165) is 11.6 Å². The fraction of sp³-hybridized carbons (Fsp3) is 0.214. The van der Waals surface area contributed by atoms with Crippen LogP contribution in [0.5, 0.6) is 0 Å². The fourth-order valence-electron chi connectivity index (χ4n) is 1.74. The lowest BCUT2D eigenvalue weighted by atomic mass is 10.0. The Balaban J connectivity index is 2.55. The first kappa shape index (κ1) is 12.5. The number of benzene rings is 1. The lowest BCUT2D eigenvalue weighted by Crippen LogP contribution is -1.99. The molecule has 2 nitrogen and oxygen atoms in total. The second-order valence-electron chi connectivity index (χ2n) is 4.36. The van der Waals surface area contributed by atoms with Gasteiger partial charge in [0, 0.05) is 17.8 Å². The summed E-state index contributed by atoms with van der Waals surface area (Å²) in [4.78, 5) is 0. The van der Waals surface area contributed by atoms with E-state index < -0.39 is 11.6 Å². The van der Waals surface area contributed by atoms with Gasteiger partial charge in [-0.05, 0) is 37.1 Å². The topological polar surface area (TPSA) is 17.8 Å². The molecule has 1 heterocycles. The summed E-state index contributed by atoms with van der Waals surface area (Å²) in [5.74, 6) is -1.74. The summed E-state index contributed by atoms with van der Waals surface area (Å²) >= 11 is 0. The Bertz CT molecular complexity index is 585. The number of nitrogens with zero attached hydrogens (tertiary/aromatic N) is 2. The van der Waals surface area contributed by atoms with Gasteiger partial charge in [0.1, 0.15) is 0 Å². The number of aromatic nitrogens is 2. The molecule has 4 heteroatoms. The minimum atomic E-state index is -0.870. The van der Waals surface area contributed by atoms with Crippen molar-refractivity contribution in [3.05, 3.63) is 48.3 Å². The molecule has 2 aromatic rings. The van der Waals surface area contributed by atoms with E-state index in [9.17, 15) is 8.78 Å². The molecular formula is C14H14F2N2. The molecule has 0 amide bonds. The van der Waals surface area contributed by atoms with Crippen LogP contribution >= 0.6 is 0 Å². The maximum absolute atomic E-state index is 13.3. The van der Waals surface area contributed by atoms with Crippen molar-refractivity contribution in [3.63, 3.8) is 0 Å². The Labute approximate surface area is 105 Å². The third-order valence-corrected chi connectivity index (χ3v) is 2.75. The van der Waals surface area contributed by atoms with Crippen LogP contribution in [0.15, 0.2) is 31.1 Å². The van der Waals surface area contributed by atoms with Gasteiger partial charge in [0.15, 0.2) is 11.6 Å². The molecule has 0 spiro atoms. The monoisotopic (exact) mass is 248 g/mol. The van der Waals surface area contributed by atoms with Gasteiger partial charge < -0.3 is 0 Å². The molecule has 0 aliphatic carbocycles. The van der Waals surface area contributed by atoms with Crippen molar-refractivity contribution < 1.29 is 8.78 Å². The molecule has 0 N–H and O–H groups in total. The number of rotatable bonds is 3. The van der Waals surface area contributed by atoms with Crippen LogP contribution in [0, 0.1) is 11.6 Å². The third kappa shape index (κ3) is 2.18. The van der Waals surface area contributed by atoms with Gasteiger partial charge in [-0.2, -0.15) is 5.10 Å². The summed E-state index contributed by atoms with van der Waals surface area (Å²) in [6.07, 6.45) is 4.95. The number of hydrogen-bond donors (Lipinski definition) is 0. The highest BCUT2D eigenvalue weighted by Crippen LogP contribution is 2.27. The molecule has 0 saturated heterocycles. The van der Waals surface area contributed by atoms with Crippen LogP contribution in [0.2, 0.25) is 0 Å². The van der Waals surface area contributed by atoms with Crippen LogP contribution in [-0.2, 0) is 0 Å². The second-order valence-corrected chi connectivity index (χ2v) is 4.36. The van der Waals surface area contributed by atoms with Crippen LogP contribution in [-0.4, -0.2) is 9.78 Å². The number of hydrogen-bond acceptors (Lipinski definition) is 1. The molecule has 18 heavy (non-hydrogen) atoms. The highest BCUT2D eigenvalue weighted by atomic mass is 19.2. The zero-order chi connectivity index (χ0) is 13.3. The van der Waals surface area contributed by atoms with Gasteiger partial charge in [-0.3, -0.25) is 4.68 Å². The van der Waals surface area contributed by atoms with E-state index in [4.69, 9.17) is 0 Å². The minimum Gasteiger partial charge on any atom is -0.270 e. The van der Waals surface area contributed by atoms with Crippen LogP contribution in [0.3, 0.4) is 0 Å². The first-order valence-corrected chi connectivity index (χ1v) is 5.69. The SMILES string of the molecule is C=Cc1cc(F)c(F)cc1-c1cnn(C(C)C)c1. The molecular weight excluding hydrogens is 234 g/mol. The lowest BCUT2D eigenvalue weighted by Gasteiger charge is -2.06. The van der Waals surface area contributed by atoms with Gasteiger partial charge in [-0.1, -0.05) is 12.7 Å². The minimum absolute atomic E-state index is 0.219. The molecule has 0 radical (unpaired) electrons. The largest absolute Gasteiger partial charge is 0.270 e. The van der Waals surface area contributed by atoms with E-state index >= 15 is 0 Å². The van der Waals surface area contributed by atoms with Gasteiger partial charge >= 0.3 is 0 Å². The van der Waals surface area contributed by atoms with Crippen molar-refractivity contribution in [3.8, 4) is 11.1 Å². The third-order valence-electron chi connectivity index (χ3n) is 2.75. The molecule has 1 aromatic heterocycles. The van der Waals surface area contributed by atoms with Crippen molar-refractivity contribution in [1.29, 1.82) is 0 Å². The van der Waals surface area contributed by atoms with E-state index in [1.807, 2.05) is 20.0 Å². The molecule has 0 atom stereocenters. The van der Waals surface area contributed by atoms with Gasteiger partial charge in [-0.25, -0.2) is 8.78 Å². The van der Waals surface area contributed by atoms with Crippen LogP contribution < -0.4 is 0 Å². The number of halogens is 2. The van der Waals surface area contributed by atoms with Gasteiger partial charge in [0.05, 0.1) is 6.20 Å². The molecule has 1 aromatic carbocycles. The Morgan fingerprint density at radius 3 is 2.50 bits per heavy atom. The molecule has 0 aliphatic rings. The Morgan fingerprint density at radius 1 is 1.28 bits per heavy atom. The summed E-state index contributed by atoms with van der Waals surface area (Å²) in [5.41, 5.74) is 1.89. The van der Waals surface area contributed by atoms with Crippen LogP contribution in [0.25, 0.3) is 17.2 Å². The molecule has 94 valence electrons. The first-order chi connectivity index (χ1) is 8.52. The van der Waals surface area contributed by atoms with Gasteiger partial charge in [0.2, 0.25) is 0 Å². The van der Waals surface area contributed by atoms with E-state index in [0.29, 0.717) is 11.1 Å². The molecule has 0 fully saturated rings. The molecule has 2 rings (SSSR count). The summed E-state index contributed by atoms with van der Waals surface area (Å²) < 4.78 is 28.2. The standard InChI is InChI=1S/C14H14F2N2/c1-4-10-5-13(15)14(16)6-12(10)11-7-17-18(8-11)9(2)3/h4-9H,1H2,2-3H3. The van der Waals surface area contributed by atoms with Crippen LogP contribution in [0.4, 0.5) is 8.78 Å². The highest BCUT2D eigenvalue weighted by molar-refractivity contribution is 5.74. The molecule has 0 saturated carbocycles. The summed E-state index contributed by atoms with van der Waals surface area (Å²) in [5, 5.41) is 4.19. The highest BCUT2D eigenvalue weighted by Gasteiger charge is 2.11. The van der Waals surface area contributed by atoms with Crippen LogP contribution in [0.1, 0.15) is 25.5 Å². The fourth-order valence-corrected chi connectivity index (χ4v) is 1.74. The summed E-state index contributed by atoms with van der Waals surface area (Å²) in [6.45, 7) is 7.61. The molecule has 0 aliphatic heterocycles. The van der Waals surface area contributed by atoms with E-state index in [1.54, 1.807) is 10.9 Å². The Morgan fingerprint density at radius 2 is 1.94 bits per heavy atom. The lowest BCUT2D eigenvalue weighted by molar-refractivity contribution is 0.509. The first-order valence-electron chi connectivity index (χ1n) is 5.69. The quantitative estimate of drug-likeness (QED) is 0.801. The van der Waals surface area contributed by atoms with Crippen molar-refractivity contribution in [2.45, 2.75) is 19.9 Å². The predicted molar refractivity (Wildman–Crippen MR) is 68.1 cm³/mol. The molecule has 0 unspecified atom stereocenters. The average Bonchev–Trinajstić information content (AvgIpc) is 2.81. The van der Waals surface area contributed by atoms with E-state index in [2.05, 4.69) is 11.7 Å². The van der Waals surface area contributed by atoms with E-state index in [1.165, 1.54) is 12.1 Å². The maximum atomic E-state index is 13.3. The predicted octanol–water partition coefficient (Wildman–Crippen LogP) is 4.05. The summed E-state index contributed by atoms with van der Waals surface area (Å²) in [7, 11) is 0. The zero-order valence-electron chi connectivity index (χ0n) is 10.3. The summed E-state index contributed by atoms with van der Waals surface area (Å²) in [6, 6.07) is 2.54. The average molecular weight is 248 g/mol. The zero-order valence-corrected chi connectivity index (χ0v) is 10.3.